The molecule has 0 fully saturated rings. The van der Waals surface area contributed by atoms with E-state index in [1.54, 1.807) is 17.6 Å². The predicted molar refractivity (Wildman–Crippen MR) is 82.9 cm³/mol. The van der Waals surface area contributed by atoms with Gasteiger partial charge in [0.2, 0.25) is 0 Å². The fraction of sp³-hybridized carbons (Fsp3) is 0.0833. The number of aromatic nitrogens is 2. The molecule has 3 aromatic rings. The van der Waals surface area contributed by atoms with Crippen LogP contribution in [0, 0.1) is 5.82 Å². The SMILES string of the molecule is NNC(=O)c1sc2cccc(F)c2c1CSc1nncs1. The van der Waals surface area contributed by atoms with Gasteiger partial charge in [-0.2, -0.15) is 0 Å². The number of rotatable bonds is 4. The number of amides is 1. The number of thioether (sulfide) groups is 1. The summed E-state index contributed by atoms with van der Waals surface area (Å²) < 4.78 is 15.6. The van der Waals surface area contributed by atoms with Gasteiger partial charge in [0.25, 0.3) is 5.91 Å². The Bertz CT molecular complexity index is 787. The second kappa shape index (κ2) is 6.06. The van der Waals surface area contributed by atoms with Crippen LogP contribution in [0.2, 0.25) is 0 Å². The van der Waals surface area contributed by atoms with Crippen molar-refractivity contribution in [2.45, 2.75) is 10.1 Å². The molecule has 0 aliphatic heterocycles. The zero-order valence-electron chi connectivity index (χ0n) is 10.5. The molecule has 0 unspecified atom stereocenters. The van der Waals surface area contributed by atoms with Gasteiger partial charge in [0.15, 0.2) is 4.34 Å². The molecule has 0 saturated heterocycles. The van der Waals surface area contributed by atoms with Crippen molar-refractivity contribution < 1.29 is 9.18 Å². The second-order valence-corrected chi connectivity index (χ2v) is 7.10. The highest BCUT2D eigenvalue weighted by atomic mass is 32.2. The monoisotopic (exact) mass is 340 g/mol. The van der Waals surface area contributed by atoms with Crippen molar-refractivity contribution in [1.29, 1.82) is 0 Å². The Hall–Kier alpha value is -1.55. The van der Waals surface area contributed by atoms with Gasteiger partial charge < -0.3 is 0 Å². The van der Waals surface area contributed by atoms with Gasteiger partial charge in [-0.25, -0.2) is 10.2 Å². The topological polar surface area (TPSA) is 80.9 Å². The number of nitrogens with zero attached hydrogens (tertiary/aromatic N) is 2. The molecule has 0 spiro atoms. The Labute approximate surface area is 131 Å². The molecule has 2 aromatic heterocycles. The van der Waals surface area contributed by atoms with Crippen molar-refractivity contribution >= 4 is 50.4 Å². The Morgan fingerprint density at radius 3 is 3.05 bits per heavy atom. The van der Waals surface area contributed by atoms with Crippen LogP contribution in [0.25, 0.3) is 10.1 Å². The first-order valence-electron chi connectivity index (χ1n) is 5.80. The van der Waals surface area contributed by atoms with Gasteiger partial charge in [0.1, 0.15) is 11.3 Å². The Balaban J connectivity index is 2.06. The van der Waals surface area contributed by atoms with E-state index in [2.05, 4.69) is 15.6 Å². The van der Waals surface area contributed by atoms with Crippen LogP contribution in [0.4, 0.5) is 4.39 Å². The molecule has 0 aliphatic rings. The van der Waals surface area contributed by atoms with Gasteiger partial charge in [-0.15, -0.1) is 21.5 Å². The summed E-state index contributed by atoms with van der Waals surface area (Å²) in [7, 11) is 0. The van der Waals surface area contributed by atoms with Crippen molar-refractivity contribution in [1.82, 2.24) is 15.6 Å². The van der Waals surface area contributed by atoms with E-state index in [1.165, 1.54) is 40.5 Å². The second-order valence-electron chi connectivity index (χ2n) is 3.99. The summed E-state index contributed by atoms with van der Waals surface area (Å²) in [5.41, 5.74) is 4.37. The maximum atomic E-state index is 14.1. The van der Waals surface area contributed by atoms with Crippen LogP contribution < -0.4 is 11.3 Å². The molecule has 5 nitrogen and oxygen atoms in total. The first-order chi connectivity index (χ1) is 10.2. The highest BCUT2D eigenvalue weighted by Crippen LogP contribution is 2.37. The van der Waals surface area contributed by atoms with Gasteiger partial charge in [-0.3, -0.25) is 10.2 Å². The van der Waals surface area contributed by atoms with Crippen LogP contribution in [0.3, 0.4) is 0 Å². The molecule has 0 atom stereocenters. The molecule has 0 aliphatic carbocycles. The van der Waals surface area contributed by atoms with Gasteiger partial charge in [-0.05, 0) is 17.7 Å². The van der Waals surface area contributed by atoms with Crippen LogP contribution in [0.5, 0.6) is 0 Å². The number of benzene rings is 1. The third-order valence-electron chi connectivity index (χ3n) is 2.78. The van der Waals surface area contributed by atoms with Crippen molar-refractivity contribution in [3.8, 4) is 0 Å². The van der Waals surface area contributed by atoms with Crippen molar-refractivity contribution in [2.24, 2.45) is 5.84 Å². The number of nitrogens with two attached hydrogens (primary N) is 1. The standard InChI is InChI=1S/C12H9FN4OS3/c13-7-2-1-3-8-9(7)6(10(21-8)11(18)16-14)4-19-12-17-15-5-20-12/h1-3,5H,4,14H2,(H,16,18). The third kappa shape index (κ3) is 2.77. The van der Waals surface area contributed by atoms with Crippen LogP contribution in [0.1, 0.15) is 15.2 Å². The molecule has 21 heavy (non-hydrogen) atoms. The maximum Gasteiger partial charge on any atom is 0.275 e. The first-order valence-corrected chi connectivity index (χ1v) is 8.48. The van der Waals surface area contributed by atoms with E-state index in [4.69, 9.17) is 5.84 Å². The van der Waals surface area contributed by atoms with Gasteiger partial charge >= 0.3 is 0 Å². The molecule has 0 saturated carbocycles. The summed E-state index contributed by atoms with van der Waals surface area (Å²) in [5.74, 6) is 4.89. The maximum absolute atomic E-state index is 14.1. The highest BCUT2D eigenvalue weighted by molar-refractivity contribution is 8.00. The molecular weight excluding hydrogens is 331 g/mol. The van der Waals surface area contributed by atoms with E-state index in [0.717, 1.165) is 9.04 Å². The first kappa shape index (κ1) is 14.4. The van der Waals surface area contributed by atoms with Crippen LogP contribution in [-0.2, 0) is 5.75 Å². The van der Waals surface area contributed by atoms with E-state index < -0.39 is 5.91 Å². The van der Waals surface area contributed by atoms with Crippen molar-refractivity contribution in [2.75, 3.05) is 0 Å². The number of thiophene rings is 1. The van der Waals surface area contributed by atoms with Crippen LogP contribution in [0.15, 0.2) is 28.0 Å². The lowest BCUT2D eigenvalue weighted by Crippen LogP contribution is -2.29. The molecule has 1 aromatic carbocycles. The molecule has 0 radical (unpaired) electrons. The van der Waals surface area contributed by atoms with Gasteiger partial charge in [0.05, 0.1) is 4.88 Å². The number of halogens is 1. The normalized spacial score (nSPS) is 11.0. The molecule has 0 bridgehead atoms. The number of hydrogen-bond acceptors (Lipinski definition) is 7. The fourth-order valence-corrected chi connectivity index (χ4v) is 4.66. The summed E-state index contributed by atoms with van der Waals surface area (Å²) in [6, 6.07) is 4.80. The van der Waals surface area contributed by atoms with Gasteiger partial charge in [0, 0.05) is 15.8 Å². The molecule has 2 heterocycles. The Morgan fingerprint density at radius 2 is 2.33 bits per heavy atom. The number of carbonyl (C=O) groups excluding carboxylic acids is 1. The van der Waals surface area contributed by atoms with Crippen molar-refractivity contribution in [3.63, 3.8) is 0 Å². The Morgan fingerprint density at radius 1 is 1.48 bits per heavy atom. The van der Waals surface area contributed by atoms with E-state index in [-0.39, 0.29) is 5.82 Å². The number of hydrogen-bond donors (Lipinski definition) is 2. The lowest BCUT2D eigenvalue weighted by atomic mass is 10.1. The quantitative estimate of drug-likeness (QED) is 0.330. The molecule has 9 heteroatoms. The van der Waals surface area contributed by atoms with E-state index in [9.17, 15) is 9.18 Å². The number of fused-ring (bicyclic) bond motifs is 1. The zero-order chi connectivity index (χ0) is 14.8. The molecule has 1 amide bonds. The summed E-state index contributed by atoms with van der Waals surface area (Å²) >= 11 is 4.04. The number of nitrogens with one attached hydrogen (secondary N) is 1. The van der Waals surface area contributed by atoms with Gasteiger partial charge in [-0.1, -0.05) is 29.2 Å². The molecule has 3 N–H and O–H groups in total. The zero-order valence-corrected chi connectivity index (χ0v) is 12.9. The summed E-state index contributed by atoms with van der Waals surface area (Å²) in [6.45, 7) is 0. The number of hydrazine groups is 1. The van der Waals surface area contributed by atoms with Crippen LogP contribution in [-0.4, -0.2) is 16.1 Å². The summed E-state index contributed by atoms with van der Waals surface area (Å²) in [5, 5.41) is 8.15. The van der Waals surface area contributed by atoms with E-state index in [1.807, 2.05) is 0 Å². The molecule has 3 rings (SSSR count). The minimum absolute atomic E-state index is 0.340. The smallest absolute Gasteiger partial charge is 0.275 e. The van der Waals surface area contributed by atoms with Crippen LogP contribution >= 0.6 is 34.4 Å². The van der Waals surface area contributed by atoms with Crippen molar-refractivity contribution in [3.05, 3.63) is 40.0 Å². The molecular formula is C12H9FN4OS3. The third-order valence-corrected chi connectivity index (χ3v) is 5.86. The van der Waals surface area contributed by atoms with E-state index in [0.29, 0.717) is 21.6 Å². The minimum Gasteiger partial charge on any atom is -0.289 e. The minimum atomic E-state index is -0.413. The average Bonchev–Trinajstić information content (AvgIpc) is 3.12. The highest BCUT2D eigenvalue weighted by Gasteiger charge is 2.20. The predicted octanol–water partition coefficient (Wildman–Crippen LogP) is 2.79. The Kier molecular flexibility index (Phi) is 4.15. The fourth-order valence-electron chi connectivity index (χ4n) is 1.91. The summed E-state index contributed by atoms with van der Waals surface area (Å²) in [6.07, 6.45) is 0. The number of carbonyl (C=O) groups is 1. The lowest BCUT2D eigenvalue weighted by Gasteiger charge is -2.02. The molecule has 108 valence electrons. The van der Waals surface area contributed by atoms with E-state index >= 15 is 0 Å². The average molecular weight is 340 g/mol. The lowest BCUT2D eigenvalue weighted by molar-refractivity contribution is 0.0957. The largest absolute Gasteiger partial charge is 0.289 e. The number of nitrogen functional groups attached to an aromatic ring is 1. The summed E-state index contributed by atoms with van der Waals surface area (Å²) in [4.78, 5) is 12.3.